The molecule has 4 nitrogen and oxygen atoms in total. The molecule has 1 aromatic rings. The third-order valence-electron chi connectivity index (χ3n) is 3.12. The lowest BCUT2D eigenvalue weighted by molar-refractivity contribution is 0.0951. The van der Waals surface area contributed by atoms with Gasteiger partial charge in [-0.15, -0.1) is 0 Å². The van der Waals surface area contributed by atoms with Crippen molar-refractivity contribution < 1.29 is 14.3 Å². The van der Waals surface area contributed by atoms with Gasteiger partial charge in [0.2, 0.25) is 0 Å². The van der Waals surface area contributed by atoms with Crippen molar-refractivity contribution in [2.24, 2.45) is 5.92 Å². The van der Waals surface area contributed by atoms with Crippen LogP contribution in [0.25, 0.3) is 0 Å². The molecule has 0 heterocycles. The Labute approximate surface area is 112 Å². The van der Waals surface area contributed by atoms with Crippen LogP contribution in [0.5, 0.6) is 0 Å². The van der Waals surface area contributed by atoms with Gasteiger partial charge in [0, 0.05) is 30.0 Å². The van der Waals surface area contributed by atoms with E-state index in [-0.39, 0.29) is 29.7 Å². The van der Waals surface area contributed by atoms with Crippen molar-refractivity contribution in [1.82, 2.24) is 5.32 Å². The second kappa shape index (κ2) is 7.09. The molecule has 0 bridgehead atoms. The number of hydrogen-bond acceptors (Lipinski definition) is 3. The number of hydrogen-bond donors (Lipinski definition) is 3. The summed E-state index contributed by atoms with van der Waals surface area (Å²) in [5.41, 5.74) is 6.49. The molecule has 106 valence electrons. The van der Waals surface area contributed by atoms with Crippen LogP contribution in [0.2, 0.25) is 0 Å². The standard InChI is InChI=1S/C14H21FN2O2/c1-9(8-18)4-3-5-17-14(19)11-6-12(15)10(2)13(16)7-11/h6-7,9,18H,3-5,8,16H2,1-2H3,(H,17,19). The number of carbonyl (C=O) groups excluding carboxylic acids is 1. The molecule has 0 fully saturated rings. The Morgan fingerprint density at radius 3 is 2.79 bits per heavy atom. The number of anilines is 1. The Morgan fingerprint density at radius 2 is 2.21 bits per heavy atom. The van der Waals surface area contributed by atoms with E-state index in [1.54, 1.807) is 6.92 Å². The van der Waals surface area contributed by atoms with E-state index in [9.17, 15) is 9.18 Å². The van der Waals surface area contributed by atoms with E-state index in [1.807, 2.05) is 6.92 Å². The van der Waals surface area contributed by atoms with Crippen molar-refractivity contribution in [2.75, 3.05) is 18.9 Å². The Balaban J connectivity index is 2.50. The molecule has 1 atom stereocenters. The lowest BCUT2D eigenvalue weighted by atomic mass is 10.1. The number of rotatable bonds is 6. The molecular formula is C14H21FN2O2. The van der Waals surface area contributed by atoms with Gasteiger partial charge in [0.05, 0.1) is 0 Å². The lowest BCUT2D eigenvalue weighted by Gasteiger charge is -2.10. The number of benzene rings is 1. The normalized spacial score (nSPS) is 12.2. The molecule has 0 saturated heterocycles. The SMILES string of the molecule is Cc1c(N)cc(C(=O)NCCCC(C)CO)cc1F. The molecule has 0 aliphatic carbocycles. The molecule has 1 rings (SSSR count). The highest BCUT2D eigenvalue weighted by atomic mass is 19.1. The molecular weight excluding hydrogens is 247 g/mol. The van der Waals surface area contributed by atoms with Crippen LogP contribution in [0.1, 0.15) is 35.7 Å². The number of aliphatic hydroxyl groups is 1. The summed E-state index contributed by atoms with van der Waals surface area (Å²) in [6.45, 7) is 4.16. The molecule has 0 aromatic heterocycles. The van der Waals surface area contributed by atoms with Crippen LogP contribution in [0.3, 0.4) is 0 Å². The Bertz CT molecular complexity index is 426. The summed E-state index contributed by atoms with van der Waals surface area (Å²) < 4.78 is 13.5. The molecule has 1 aromatic carbocycles. The van der Waals surface area contributed by atoms with E-state index in [0.717, 1.165) is 12.8 Å². The van der Waals surface area contributed by atoms with Crippen LogP contribution in [-0.2, 0) is 0 Å². The topological polar surface area (TPSA) is 75.4 Å². The molecule has 19 heavy (non-hydrogen) atoms. The summed E-state index contributed by atoms with van der Waals surface area (Å²) in [4.78, 5) is 11.8. The smallest absolute Gasteiger partial charge is 0.251 e. The first kappa shape index (κ1) is 15.4. The summed E-state index contributed by atoms with van der Waals surface area (Å²) in [6.07, 6.45) is 1.61. The van der Waals surface area contributed by atoms with Crippen molar-refractivity contribution in [3.63, 3.8) is 0 Å². The van der Waals surface area contributed by atoms with Gasteiger partial charge in [-0.05, 0) is 37.8 Å². The van der Waals surface area contributed by atoms with Crippen LogP contribution in [0.4, 0.5) is 10.1 Å². The second-order valence-electron chi connectivity index (χ2n) is 4.86. The molecule has 4 N–H and O–H groups in total. The van der Waals surface area contributed by atoms with E-state index in [2.05, 4.69) is 5.32 Å². The van der Waals surface area contributed by atoms with Gasteiger partial charge in [0.1, 0.15) is 5.82 Å². The quantitative estimate of drug-likeness (QED) is 0.544. The molecule has 0 aliphatic heterocycles. The molecule has 0 radical (unpaired) electrons. The molecule has 1 amide bonds. The molecule has 1 unspecified atom stereocenters. The number of nitrogen functional groups attached to an aromatic ring is 1. The number of nitrogens with one attached hydrogen (secondary N) is 1. The molecule has 0 saturated carbocycles. The summed E-state index contributed by atoms with van der Waals surface area (Å²) in [7, 11) is 0. The third-order valence-corrected chi connectivity index (χ3v) is 3.12. The number of nitrogens with two attached hydrogens (primary N) is 1. The minimum Gasteiger partial charge on any atom is -0.398 e. The van der Waals surface area contributed by atoms with Crippen LogP contribution in [-0.4, -0.2) is 24.2 Å². The minimum absolute atomic E-state index is 0.146. The Morgan fingerprint density at radius 1 is 1.53 bits per heavy atom. The zero-order valence-corrected chi connectivity index (χ0v) is 11.4. The first-order valence-electron chi connectivity index (χ1n) is 6.40. The summed E-state index contributed by atoms with van der Waals surface area (Å²) in [6, 6.07) is 2.67. The first-order valence-corrected chi connectivity index (χ1v) is 6.40. The zero-order chi connectivity index (χ0) is 14.4. The fraction of sp³-hybridized carbons (Fsp3) is 0.500. The number of halogens is 1. The van der Waals surface area contributed by atoms with Crippen LogP contribution >= 0.6 is 0 Å². The third kappa shape index (κ3) is 4.52. The fourth-order valence-electron chi connectivity index (χ4n) is 1.68. The monoisotopic (exact) mass is 268 g/mol. The van der Waals surface area contributed by atoms with E-state index in [4.69, 9.17) is 10.8 Å². The van der Waals surface area contributed by atoms with Gasteiger partial charge in [-0.1, -0.05) is 6.92 Å². The maximum Gasteiger partial charge on any atom is 0.251 e. The van der Waals surface area contributed by atoms with Gasteiger partial charge in [-0.25, -0.2) is 4.39 Å². The highest BCUT2D eigenvalue weighted by molar-refractivity contribution is 5.95. The number of aliphatic hydroxyl groups excluding tert-OH is 1. The average Bonchev–Trinajstić information content (AvgIpc) is 2.39. The van der Waals surface area contributed by atoms with E-state index < -0.39 is 5.82 Å². The van der Waals surface area contributed by atoms with Gasteiger partial charge in [-0.3, -0.25) is 4.79 Å². The van der Waals surface area contributed by atoms with Gasteiger partial charge < -0.3 is 16.2 Å². The van der Waals surface area contributed by atoms with E-state index in [1.165, 1.54) is 12.1 Å². The van der Waals surface area contributed by atoms with Crippen molar-refractivity contribution in [3.05, 3.63) is 29.1 Å². The van der Waals surface area contributed by atoms with Gasteiger partial charge in [0.25, 0.3) is 5.91 Å². The van der Waals surface area contributed by atoms with Crippen molar-refractivity contribution >= 4 is 11.6 Å². The summed E-state index contributed by atoms with van der Waals surface area (Å²) >= 11 is 0. The zero-order valence-electron chi connectivity index (χ0n) is 11.4. The van der Waals surface area contributed by atoms with Crippen molar-refractivity contribution in [3.8, 4) is 0 Å². The highest BCUT2D eigenvalue weighted by Gasteiger charge is 2.10. The van der Waals surface area contributed by atoms with Crippen molar-refractivity contribution in [1.29, 1.82) is 0 Å². The number of carbonyl (C=O) groups is 1. The average molecular weight is 268 g/mol. The van der Waals surface area contributed by atoms with Crippen molar-refractivity contribution in [2.45, 2.75) is 26.7 Å². The summed E-state index contributed by atoms with van der Waals surface area (Å²) in [5, 5.41) is 11.6. The minimum atomic E-state index is -0.473. The van der Waals surface area contributed by atoms with Gasteiger partial charge in [0.15, 0.2) is 0 Å². The van der Waals surface area contributed by atoms with Crippen LogP contribution in [0, 0.1) is 18.7 Å². The van der Waals surface area contributed by atoms with E-state index >= 15 is 0 Å². The lowest BCUT2D eigenvalue weighted by Crippen LogP contribution is -2.25. The predicted octanol–water partition coefficient (Wildman–Crippen LogP) is 1.85. The van der Waals surface area contributed by atoms with Gasteiger partial charge in [-0.2, -0.15) is 0 Å². The fourth-order valence-corrected chi connectivity index (χ4v) is 1.68. The Hall–Kier alpha value is -1.62. The maximum absolute atomic E-state index is 13.5. The van der Waals surface area contributed by atoms with Crippen LogP contribution < -0.4 is 11.1 Å². The maximum atomic E-state index is 13.5. The largest absolute Gasteiger partial charge is 0.398 e. The predicted molar refractivity (Wildman–Crippen MR) is 73.4 cm³/mol. The summed E-state index contributed by atoms with van der Waals surface area (Å²) in [5.74, 6) is -0.578. The van der Waals surface area contributed by atoms with Gasteiger partial charge >= 0.3 is 0 Å². The Kier molecular flexibility index (Phi) is 5.76. The molecule has 0 aliphatic rings. The second-order valence-corrected chi connectivity index (χ2v) is 4.86. The first-order chi connectivity index (χ1) is 8.95. The molecule has 0 spiro atoms. The molecule has 5 heteroatoms. The highest BCUT2D eigenvalue weighted by Crippen LogP contribution is 2.17. The van der Waals surface area contributed by atoms with Crippen LogP contribution in [0.15, 0.2) is 12.1 Å². The van der Waals surface area contributed by atoms with E-state index in [0.29, 0.717) is 12.1 Å². The number of amides is 1.